The zero-order chi connectivity index (χ0) is 28.3. The van der Waals surface area contributed by atoms with Gasteiger partial charge in [0.05, 0.1) is 32.3 Å². The summed E-state index contributed by atoms with van der Waals surface area (Å²) in [6.07, 6.45) is 3.26. The number of rotatable bonds is 8. The molecule has 5 rings (SSSR count). The lowest BCUT2D eigenvalue weighted by atomic mass is 9.89. The fourth-order valence-corrected chi connectivity index (χ4v) is 6.50. The molecule has 1 saturated heterocycles. The normalized spacial score (nSPS) is 14.4. The van der Waals surface area contributed by atoms with Gasteiger partial charge in [-0.25, -0.2) is 13.1 Å². The van der Waals surface area contributed by atoms with Crippen molar-refractivity contribution in [2.45, 2.75) is 44.4 Å². The number of carbonyl (C=O) groups excluding carboxylic acids is 2. The van der Waals surface area contributed by atoms with Crippen molar-refractivity contribution in [1.82, 2.24) is 14.6 Å². The van der Waals surface area contributed by atoms with Gasteiger partial charge in [0.25, 0.3) is 11.8 Å². The molecule has 1 fully saturated rings. The van der Waals surface area contributed by atoms with Crippen LogP contribution in [0.25, 0.3) is 10.2 Å². The van der Waals surface area contributed by atoms with Crippen LogP contribution in [0.15, 0.2) is 72.2 Å². The van der Waals surface area contributed by atoms with Gasteiger partial charge >= 0.3 is 0 Å². The molecule has 1 aliphatic heterocycles. The van der Waals surface area contributed by atoms with Gasteiger partial charge in [-0.3, -0.25) is 14.6 Å². The lowest BCUT2D eigenvalue weighted by Gasteiger charge is -2.32. The molecule has 208 valence electrons. The van der Waals surface area contributed by atoms with Crippen molar-refractivity contribution in [3.05, 3.63) is 94.5 Å². The predicted molar refractivity (Wildman–Crippen MR) is 159 cm³/mol. The Morgan fingerprint density at radius 2 is 1.65 bits per heavy atom. The monoisotopic (exact) mass is 576 g/mol. The molecule has 3 heterocycles. The van der Waals surface area contributed by atoms with Gasteiger partial charge in [0, 0.05) is 31.2 Å². The van der Waals surface area contributed by atoms with Crippen LogP contribution in [0.4, 0.5) is 5.69 Å². The Bertz CT molecular complexity index is 1610. The number of hydrogen-bond acceptors (Lipinski definition) is 7. The maximum absolute atomic E-state index is 13.8. The van der Waals surface area contributed by atoms with Gasteiger partial charge in [0.1, 0.15) is 0 Å². The second-order valence-electron chi connectivity index (χ2n) is 10.2. The molecular formula is C30H32N4O4S2. The summed E-state index contributed by atoms with van der Waals surface area (Å²) in [5.41, 5.74) is 3.88. The molecule has 10 heteroatoms. The van der Waals surface area contributed by atoms with Crippen molar-refractivity contribution in [1.29, 1.82) is 0 Å². The second kappa shape index (κ2) is 11.8. The van der Waals surface area contributed by atoms with Crippen LogP contribution in [0.3, 0.4) is 0 Å². The van der Waals surface area contributed by atoms with E-state index in [1.54, 1.807) is 5.38 Å². The Balaban J connectivity index is 1.44. The Labute approximate surface area is 238 Å². The summed E-state index contributed by atoms with van der Waals surface area (Å²) in [5, 5.41) is 4.26. The van der Waals surface area contributed by atoms with Gasteiger partial charge in [0.15, 0.2) is 0 Å². The molecule has 0 spiro atoms. The number of nitrogens with one attached hydrogen (secondary N) is 2. The Morgan fingerprint density at radius 3 is 2.30 bits per heavy atom. The summed E-state index contributed by atoms with van der Waals surface area (Å²) >= 11 is 1.26. The SMILES string of the molecule is CC(C)S(=O)(=O)NC(=O)c1csc2c(NCc3ccccc3)c(C(=O)N3CCC(c4ccccc4)CC3)cnc12. The minimum atomic E-state index is -3.81. The van der Waals surface area contributed by atoms with Gasteiger partial charge < -0.3 is 10.2 Å². The van der Waals surface area contributed by atoms with Crippen LogP contribution in [0.5, 0.6) is 0 Å². The van der Waals surface area contributed by atoms with Crippen LogP contribution in [0, 0.1) is 0 Å². The first-order chi connectivity index (χ1) is 19.2. The van der Waals surface area contributed by atoms with E-state index in [1.165, 1.54) is 36.9 Å². The van der Waals surface area contributed by atoms with Crippen molar-refractivity contribution in [3.63, 3.8) is 0 Å². The van der Waals surface area contributed by atoms with Crippen molar-refractivity contribution in [3.8, 4) is 0 Å². The predicted octanol–water partition coefficient (Wildman–Crippen LogP) is 5.40. The lowest BCUT2D eigenvalue weighted by molar-refractivity contribution is 0.0713. The van der Waals surface area contributed by atoms with Crippen LogP contribution in [-0.2, 0) is 16.6 Å². The van der Waals surface area contributed by atoms with Gasteiger partial charge in [-0.15, -0.1) is 11.3 Å². The third-order valence-corrected chi connectivity index (χ3v) is 9.98. The van der Waals surface area contributed by atoms with E-state index in [9.17, 15) is 18.0 Å². The number of carbonyl (C=O) groups is 2. The summed E-state index contributed by atoms with van der Waals surface area (Å²) < 4.78 is 27.4. The molecule has 1 aliphatic rings. The number of piperidine rings is 1. The third-order valence-electron chi connectivity index (χ3n) is 7.28. The number of benzene rings is 2. The zero-order valence-corrected chi connectivity index (χ0v) is 24.1. The Kier molecular flexibility index (Phi) is 8.18. The van der Waals surface area contributed by atoms with Gasteiger partial charge in [0.2, 0.25) is 10.0 Å². The van der Waals surface area contributed by atoms with E-state index in [4.69, 9.17) is 0 Å². The minimum Gasteiger partial charge on any atom is -0.379 e. The summed E-state index contributed by atoms with van der Waals surface area (Å²) in [7, 11) is -3.81. The number of fused-ring (bicyclic) bond motifs is 1. The quantitative estimate of drug-likeness (QED) is 0.291. The number of sulfonamides is 1. The third kappa shape index (κ3) is 5.88. The van der Waals surface area contributed by atoms with E-state index in [0.717, 1.165) is 18.4 Å². The first kappa shape index (κ1) is 27.8. The summed E-state index contributed by atoms with van der Waals surface area (Å²) in [4.78, 5) is 33.1. The fraction of sp³-hybridized carbons (Fsp3) is 0.300. The highest BCUT2D eigenvalue weighted by Crippen LogP contribution is 2.36. The lowest BCUT2D eigenvalue weighted by Crippen LogP contribution is -2.38. The average Bonchev–Trinajstić information content (AvgIpc) is 3.41. The Morgan fingerprint density at radius 1 is 1.00 bits per heavy atom. The molecule has 0 radical (unpaired) electrons. The second-order valence-corrected chi connectivity index (χ2v) is 13.3. The highest BCUT2D eigenvalue weighted by atomic mass is 32.2. The van der Waals surface area contributed by atoms with Crippen LogP contribution >= 0.6 is 11.3 Å². The summed E-state index contributed by atoms with van der Waals surface area (Å²) in [6, 6.07) is 20.2. The molecule has 0 aliphatic carbocycles. The molecule has 4 aromatic rings. The van der Waals surface area contributed by atoms with E-state index in [2.05, 4.69) is 27.2 Å². The molecule has 2 amide bonds. The number of amides is 2. The molecule has 0 atom stereocenters. The number of nitrogens with zero attached hydrogens (tertiary/aromatic N) is 2. The van der Waals surface area contributed by atoms with Crippen molar-refractivity contribution in [2.75, 3.05) is 18.4 Å². The van der Waals surface area contributed by atoms with Crippen molar-refractivity contribution in [2.24, 2.45) is 0 Å². The van der Waals surface area contributed by atoms with Crippen molar-refractivity contribution < 1.29 is 18.0 Å². The molecule has 0 saturated carbocycles. The van der Waals surface area contributed by atoms with Crippen molar-refractivity contribution >= 4 is 49.1 Å². The van der Waals surface area contributed by atoms with Crippen LogP contribution in [0.2, 0.25) is 0 Å². The highest BCUT2D eigenvalue weighted by molar-refractivity contribution is 7.90. The number of pyridine rings is 1. The molecule has 0 unspecified atom stereocenters. The van der Waals surface area contributed by atoms with Gasteiger partial charge in [-0.05, 0) is 43.7 Å². The maximum Gasteiger partial charge on any atom is 0.267 e. The summed E-state index contributed by atoms with van der Waals surface area (Å²) in [6.45, 7) is 4.76. The molecule has 2 aromatic heterocycles. The maximum atomic E-state index is 13.8. The number of thiophene rings is 1. The molecule has 2 N–H and O–H groups in total. The molecule has 40 heavy (non-hydrogen) atoms. The van der Waals surface area contributed by atoms with E-state index < -0.39 is 21.2 Å². The van der Waals surface area contributed by atoms with E-state index in [1.807, 2.05) is 53.4 Å². The fourth-order valence-electron chi connectivity index (χ4n) is 4.87. The zero-order valence-electron chi connectivity index (χ0n) is 22.5. The van der Waals surface area contributed by atoms with Gasteiger partial charge in [-0.2, -0.15) is 0 Å². The number of likely N-dealkylation sites (tertiary alicyclic amines) is 1. The average molecular weight is 577 g/mol. The van der Waals surface area contributed by atoms with Crippen LogP contribution < -0.4 is 10.0 Å². The molecule has 8 nitrogen and oxygen atoms in total. The molecule has 2 aromatic carbocycles. The van der Waals surface area contributed by atoms with E-state index >= 15 is 0 Å². The minimum absolute atomic E-state index is 0.113. The first-order valence-electron chi connectivity index (χ1n) is 13.3. The van der Waals surface area contributed by atoms with Crippen LogP contribution in [-0.4, -0.2) is 48.5 Å². The number of hydrogen-bond donors (Lipinski definition) is 2. The molecule has 0 bridgehead atoms. The van der Waals surface area contributed by atoms with E-state index in [0.29, 0.717) is 47.0 Å². The number of aromatic nitrogens is 1. The topological polar surface area (TPSA) is 108 Å². The largest absolute Gasteiger partial charge is 0.379 e. The molecular weight excluding hydrogens is 544 g/mol. The smallest absolute Gasteiger partial charge is 0.267 e. The van der Waals surface area contributed by atoms with Gasteiger partial charge in [-0.1, -0.05) is 60.7 Å². The standard InChI is InChI=1S/C30H32N4O4S2/c1-20(2)40(37,38)33-29(35)25-19-39-28-26(31-17-21-9-5-3-6-10-21)24(18-32-27(25)28)30(36)34-15-13-23(14-16-34)22-11-7-4-8-12-22/h3-12,18-20,23H,13-17H2,1-2H3,(H,31,32)(H,33,35). The first-order valence-corrected chi connectivity index (χ1v) is 15.8. The van der Waals surface area contributed by atoms with E-state index in [-0.39, 0.29) is 11.5 Å². The number of anilines is 1. The summed E-state index contributed by atoms with van der Waals surface area (Å²) in [5.74, 6) is -0.427. The van der Waals surface area contributed by atoms with Crippen LogP contribution in [0.1, 0.15) is 64.4 Å². The highest BCUT2D eigenvalue weighted by Gasteiger charge is 2.29. The Hall–Kier alpha value is -3.76.